The van der Waals surface area contributed by atoms with Crippen molar-refractivity contribution in [3.05, 3.63) is 47.5 Å². The quantitative estimate of drug-likeness (QED) is 0.430. The molecule has 32 heavy (non-hydrogen) atoms. The van der Waals surface area contributed by atoms with Crippen LogP contribution in [0.1, 0.15) is 25.8 Å². The van der Waals surface area contributed by atoms with Gasteiger partial charge in [-0.25, -0.2) is 9.59 Å². The van der Waals surface area contributed by atoms with Crippen LogP contribution in [-0.4, -0.2) is 77.3 Å². The molecule has 0 amide bonds. The number of Topliss-reactive ketones (excluding diaryl/α,β-unsaturated/α-hetero) is 1. The molecule has 0 saturated carbocycles. The van der Waals surface area contributed by atoms with Crippen LogP contribution in [0.5, 0.6) is 0 Å². The Morgan fingerprint density at radius 2 is 1.72 bits per heavy atom. The summed E-state index contributed by atoms with van der Waals surface area (Å²) in [6.45, 7) is 3.00. The average Bonchev–Trinajstić information content (AvgIpc) is 2.77. The van der Waals surface area contributed by atoms with Gasteiger partial charge in [-0.3, -0.25) is 4.79 Å². The summed E-state index contributed by atoms with van der Waals surface area (Å²) in [6.07, 6.45) is -5.88. The van der Waals surface area contributed by atoms with Crippen LogP contribution in [0.25, 0.3) is 0 Å². The van der Waals surface area contributed by atoms with Gasteiger partial charge in [-0.2, -0.15) is 0 Å². The van der Waals surface area contributed by atoms with Gasteiger partial charge in [0.1, 0.15) is 12.2 Å². The minimum absolute atomic E-state index is 0.0342. The summed E-state index contributed by atoms with van der Waals surface area (Å²) in [5.74, 6) is -2.49. The Balaban J connectivity index is 2.21. The molecule has 3 N–H and O–H groups in total. The molecule has 176 valence electrons. The van der Waals surface area contributed by atoms with Crippen LogP contribution in [0.15, 0.2) is 42.0 Å². The minimum atomic E-state index is -1.70. The number of benzene rings is 1. The second-order valence-corrected chi connectivity index (χ2v) is 8.01. The highest BCUT2D eigenvalue weighted by Gasteiger charge is 2.42. The molecular weight excluding hydrogens is 420 g/mol. The lowest BCUT2D eigenvalue weighted by atomic mass is 9.91. The molecule has 9 heteroatoms. The lowest BCUT2D eigenvalue weighted by Gasteiger charge is -2.31. The van der Waals surface area contributed by atoms with Crippen LogP contribution < -0.4 is 0 Å². The minimum Gasteiger partial charge on any atom is -0.467 e. The lowest BCUT2D eigenvalue weighted by Crippen LogP contribution is -2.50. The van der Waals surface area contributed by atoms with E-state index in [4.69, 9.17) is 14.2 Å². The van der Waals surface area contributed by atoms with Crippen molar-refractivity contribution in [1.29, 1.82) is 0 Å². The number of aliphatic hydroxyl groups is 3. The Hall–Kier alpha value is -2.59. The van der Waals surface area contributed by atoms with Crippen molar-refractivity contribution in [3.63, 3.8) is 0 Å². The first-order valence-corrected chi connectivity index (χ1v) is 10.4. The standard InChI is InChI=1S/C23H30O9/c1-13(2)9-17(31-18(22(28)30-3)10-14-7-5-4-6-8-14)23(29)32-21-19(26)15(12-24)11-16(25)20(21)27/h4-8,11,13,16-18,20-21,24-25,27H,9-10,12H2,1-3H3. The molecular formula is C23H30O9. The predicted octanol–water partition coefficient (Wildman–Crippen LogP) is 0.337. The maximum absolute atomic E-state index is 12.9. The Morgan fingerprint density at radius 3 is 2.28 bits per heavy atom. The average molecular weight is 450 g/mol. The summed E-state index contributed by atoms with van der Waals surface area (Å²) in [6, 6.07) is 9.04. The van der Waals surface area contributed by atoms with Gasteiger partial charge in [-0.1, -0.05) is 44.2 Å². The molecule has 0 radical (unpaired) electrons. The van der Waals surface area contributed by atoms with Crippen LogP contribution in [0, 0.1) is 5.92 Å². The third-order valence-corrected chi connectivity index (χ3v) is 5.03. The van der Waals surface area contributed by atoms with Gasteiger partial charge in [0.25, 0.3) is 0 Å². The molecule has 1 aromatic rings. The second kappa shape index (κ2) is 11.9. The van der Waals surface area contributed by atoms with E-state index in [9.17, 15) is 29.7 Å². The summed E-state index contributed by atoms with van der Waals surface area (Å²) in [7, 11) is 1.21. The number of hydrogen-bond donors (Lipinski definition) is 3. The summed E-state index contributed by atoms with van der Waals surface area (Å²) in [5, 5.41) is 29.3. The third-order valence-electron chi connectivity index (χ3n) is 5.03. The molecule has 5 atom stereocenters. The van der Waals surface area contributed by atoms with Gasteiger partial charge in [0.15, 0.2) is 18.3 Å². The lowest BCUT2D eigenvalue weighted by molar-refractivity contribution is -0.183. The first-order valence-electron chi connectivity index (χ1n) is 10.4. The maximum atomic E-state index is 12.9. The van der Waals surface area contributed by atoms with Gasteiger partial charge >= 0.3 is 11.9 Å². The van der Waals surface area contributed by atoms with Crippen molar-refractivity contribution in [2.75, 3.05) is 13.7 Å². The third kappa shape index (κ3) is 6.70. The molecule has 0 saturated heterocycles. The number of methoxy groups -OCH3 is 1. The van der Waals surface area contributed by atoms with E-state index < -0.39 is 54.8 Å². The second-order valence-electron chi connectivity index (χ2n) is 8.01. The summed E-state index contributed by atoms with van der Waals surface area (Å²) in [4.78, 5) is 37.6. The smallest absolute Gasteiger partial charge is 0.336 e. The first kappa shape index (κ1) is 25.7. The van der Waals surface area contributed by atoms with Gasteiger partial charge in [-0.15, -0.1) is 0 Å². The first-order chi connectivity index (χ1) is 15.2. The molecule has 9 nitrogen and oxygen atoms in total. The molecule has 0 heterocycles. The fraction of sp³-hybridized carbons (Fsp3) is 0.522. The van der Waals surface area contributed by atoms with Crippen molar-refractivity contribution >= 4 is 17.7 Å². The number of carbonyl (C=O) groups excluding carboxylic acids is 3. The van der Waals surface area contributed by atoms with Crippen molar-refractivity contribution in [2.45, 2.75) is 57.2 Å². The van der Waals surface area contributed by atoms with E-state index in [-0.39, 0.29) is 24.3 Å². The number of esters is 2. The van der Waals surface area contributed by atoms with E-state index in [0.717, 1.165) is 11.6 Å². The molecule has 0 fully saturated rings. The topological polar surface area (TPSA) is 140 Å². The molecule has 0 bridgehead atoms. The van der Waals surface area contributed by atoms with E-state index in [0.29, 0.717) is 0 Å². The summed E-state index contributed by atoms with van der Waals surface area (Å²) in [5.41, 5.74) is 0.622. The van der Waals surface area contributed by atoms with Gasteiger partial charge in [0.2, 0.25) is 5.78 Å². The highest BCUT2D eigenvalue weighted by molar-refractivity contribution is 6.01. The number of ketones is 1. The molecule has 1 aliphatic carbocycles. The van der Waals surface area contributed by atoms with Gasteiger partial charge in [0, 0.05) is 12.0 Å². The Labute approximate surface area is 186 Å². The molecule has 1 aliphatic rings. The monoisotopic (exact) mass is 450 g/mol. The number of rotatable bonds is 10. The SMILES string of the molecule is COC(=O)C(Cc1ccccc1)OC(CC(C)C)C(=O)OC1C(=O)C(CO)=CC(O)C1O. The highest BCUT2D eigenvalue weighted by Crippen LogP contribution is 2.22. The largest absolute Gasteiger partial charge is 0.467 e. The van der Waals surface area contributed by atoms with Crippen LogP contribution in [0.2, 0.25) is 0 Å². The fourth-order valence-electron chi connectivity index (χ4n) is 3.34. The van der Waals surface area contributed by atoms with Crippen molar-refractivity contribution in [1.82, 2.24) is 0 Å². The zero-order valence-electron chi connectivity index (χ0n) is 18.3. The Bertz CT molecular complexity index is 818. The van der Waals surface area contributed by atoms with Crippen LogP contribution in [-0.2, 0) is 35.0 Å². The normalized spacial score (nSPS) is 22.8. The van der Waals surface area contributed by atoms with Gasteiger partial charge < -0.3 is 29.5 Å². The Kier molecular flexibility index (Phi) is 9.52. The Morgan fingerprint density at radius 1 is 1.06 bits per heavy atom. The van der Waals surface area contributed by atoms with E-state index in [1.165, 1.54) is 7.11 Å². The zero-order chi connectivity index (χ0) is 23.8. The zero-order valence-corrected chi connectivity index (χ0v) is 18.3. The molecule has 0 aromatic heterocycles. The highest BCUT2D eigenvalue weighted by atomic mass is 16.6. The van der Waals surface area contributed by atoms with E-state index in [2.05, 4.69) is 0 Å². The molecule has 0 spiro atoms. The van der Waals surface area contributed by atoms with Crippen LogP contribution >= 0.6 is 0 Å². The number of carbonyl (C=O) groups is 3. The van der Waals surface area contributed by atoms with Gasteiger partial charge in [0.05, 0.1) is 13.7 Å². The van der Waals surface area contributed by atoms with E-state index >= 15 is 0 Å². The number of hydrogen-bond acceptors (Lipinski definition) is 9. The number of ether oxygens (including phenoxy) is 3. The molecule has 2 rings (SSSR count). The number of aliphatic hydroxyl groups excluding tert-OH is 3. The predicted molar refractivity (Wildman–Crippen MR) is 112 cm³/mol. The van der Waals surface area contributed by atoms with E-state index in [1.807, 2.05) is 19.9 Å². The van der Waals surface area contributed by atoms with Crippen molar-refractivity contribution in [2.24, 2.45) is 5.92 Å². The van der Waals surface area contributed by atoms with Gasteiger partial charge in [-0.05, 0) is 24.0 Å². The molecule has 0 aliphatic heterocycles. The fourth-order valence-corrected chi connectivity index (χ4v) is 3.34. The summed E-state index contributed by atoms with van der Waals surface area (Å²) < 4.78 is 15.8. The summed E-state index contributed by atoms with van der Waals surface area (Å²) >= 11 is 0. The van der Waals surface area contributed by atoms with Crippen molar-refractivity contribution < 1.29 is 43.9 Å². The molecule has 5 unspecified atom stereocenters. The van der Waals surface area contributed by atoms with Crippen LogP contribution in [0.3, 0.4) is 0 Å². The van der Waals surface area contributed by atoms with E-state index in [1.54, 1.807) is 24.3 Å². The van der Waals surface area contributed by atoms with Crippen LogP contribution in [0.4, 0.5) is 0 Å². The molecule has 1 aromatic carbocycles. The maximum Gasteiger partial charge on any atom is 0.336 e. The van der Waals surface area contributed by atoms with Crippen molar-refractivity contribution in [3.8, 4) is 0 Å².